The monoisotopic (exact) mass is 390 g/mol. The molecule has 0 aliphatic carbocycles. The van der Waals surface area contributed by atoms with Gasteiger partial charge in [0.25, 0.3) is 5.91 Å². The average molecular weight is 390 g/mol. The summed E-state index contributed by atoms with van der Waals surface area (Å²) in [4.78, 5) is 32.2. The Balaban J connectivity index is 1.41. The number of imide groups is 1. The highest BCUT2D eigenvalue weighted by Crippen LogP contribution is 2.39. The molecule has 4 heterocycles. The lowest BCUT2D eigenvalue weighted by atomic mass is 9.73. The van der Waals surface area contributed by atoms with E-state index in [1.807, 2.05) is 48.5 Å². The minimum atomic E-state index is -0.733. The Hall–Kier alpha value is -2.86. The Morgan fingerprint density at radius 2 is 1.62 bits per heavy atom. The normalized spacial score (nSPS) is 28.1. The molecule has 2 bridgehead atoms. The van der Waals surface area contributed by atoms with Gasteiger partial charge in [0.15, 0.2) is 0 Å². The Morgan fingerprint density at radius 3 is 2.24 bits per heavy atom. The van der Waals surface area contributed by atoms with E-state index < -0.39 is 5.54 Å². The fourth-order valence-electron chi connectivity index (χ4n) is 5.06. The van der Waals surface area contributed by atoms with Gasteiger partial charge in [-0.2, -0.15) is 0 Å². The Labute approximate surface area is 171 Å². The first-order chi connectivity index (χ1) is 14.2. The topological polar surface area (TPSA) is 55.9 Å². The summed E-state index contributed by atoms with van der Waals surface area (Å²) in [5.41, 5.74) is 1.40. The van der Waals surface area contributed by atoms with Crippen LogP contribution in [0.4, 0.5) is 10.5 Å². The van der Waals surface area contributed by atoms with E-state index in [9.17, 15) is 9.59 Å². The second-order valence-corrected chi connectivity index (χ2v) is 8.35. The second-order valence-electron chi connectivity index (χ2n) is 8.35. The first kappa shape index (κ1) is 18.2. The summed E-state index contributed by atoms with van der Waals surface area (Å²) < 4.78 is 0. The van der Waals surface area contributed by atoms with Crippen molar-refractivity contribution in [2.45, 2.75) is 24.9 Å². The number of anilines is 1. The van der Waals surface area contributed by atoms with Gasteiger partial charge in [-0.05, 0) is 49.5 Å². The Kier molecular flexibility index (Phi) is 4.51. The zero-order chi connectivity index (χ0) is 19.8. The summed E-state index contributed by atoms with van der Waals surface area (Å²) in [7, 11) is 0. The van der Waals surface area contributed by atoms with Crippen LogP contribution in [0, 0.1) is 5.92 Å². The lowest BCUT2D eigenvalue weighted by molar-refractivity contribution is -0.138. The third-order valence-electron chi connectivity index (χ3n) is 6.61. The van der Waals surface area contributed by atoms with Crippen molar-refractivity contribution < 1.29 is 9.59 Å². The number of urea groups is 1. The average Bonchev–Trinajstić information content (AvgIpc) is 2.99. The molecule has 4 saturated heterocycles. The van der Waals surface area contributed by atoms with Gasteiger partial charge in [-0.1, -0.05) is 48.5 Å². The molecule has 3 amide bonds. The van der Waals surface area contributed by atoms with Crippen molar-refractivity contribution in [3.05, 3.63) is 66.2 Å². The predicted molar refractivity (Wildman–Crippen MR) is 111 cm³/mol. The van der Waals surface area contributed by atoms with Crippen molar-refractivity contribution in [2.24, 2.45) is 5.92 Å². The third kappa shape index (κ3) is 3.17. The summed E-state index contributed by atoms with van der Waals surface area (Å²) in [6.45, 7) is 3.57. The lowest BCUT2D eigenvalue weighted by Gasteiger charge is -2.49. The van der Waals surface area contributed by atoms with Crippen LogP contribution in [0.2, 0.25) is 0 Å². The smallest absolute Gasteiger partial charge is 0.326 e. The molecule has 0 unspecified atom stereocenters. The number of amides is 3. The third-order valence-corrected chi connectivity index (χ3v) is 6.61. The van der Waals surface area contributed by atoms with E-state index >= 15 is 0 Å². The number of piperidine rings is 3. The van der Waals surface area contributed by atoms with E-state index in [-0.39, 0.29) is 24.5 Å². The predicted octanol–water partition coefficient (Wildman–Crippen LogP) is 2.67. The summed E-state index contributed by atoms with van der Waals surface area (Å²) in [6.07, 6.45) is 1.96. The number of rotatable bonds is 5. The van der Waals surface area contributed by atoms with Crippen molar-refractivity contribution >= 4 is 17.6 Å². The van der Waals surface area contributed by atoms with Crippen LogP contribution in [0.1, 0.15) is 18.4 Å². The minimum absolute atomic E-state index is 0.0640. The number of nitrogens with one attached hydrogen (secondary N) is 1. The minimum Gasteiger partial charge on any atom is -0.349 e. The zero-order valence-electron chi connectivity index (χ0n) is 16.5. The lowest BCUT2D eigenvalue weighted by Crippen LogP contribution is -2.67. The molecule has 4 fully saturated rings. The SMILES string of the molecule is O=C1N[C@]2(CN3CCC2CC3)C(=O)N1CN(Cc1ccccc1)c1ccccc1. The van der Waals surface area contributed by atoms with Crippen LogP contribution in [0.25, 0.3) is 0 Å². The summed E-state index contributed by atoms with van der Waals surface area (Å²) in [6, 6.07) is 19.8. The van der Waals surface area contributed by atoms with Gasteiger partial charge in [0.1, 0.15) is 12.2 Å². The van der Waals surface area contributed by atoms with Gasteiger partial charge >= 0.3 is 6.03 Å². The number of carbonyl (C=O) groups excluding carboxylic acids is 2. The number of nitrogens with zero attached hydrogens (tertiary/aromatic N) is 3. The van der Waals surface area contributed by atoms with Gasteiger partial charge in [-0.15, -0.1) is 0 Å². The van der Waals surface area contributed by atoms with Crippen LogP contribution in [0.15, 0.2) is 60.7 Å². The molecular formula is C23H26N4O2. The molecule has 29 heavy (non-hydrogen) atoms. The van der Waals surface area contributed by atoms with Gasteiger partial charge in [-0.3, -0.25) is 4.79 Å². The Morgan fingerprint density at radius 1 is 0.966 bits per heavy atom. The molecule has 6 rings (SSSR count). The second kappa shape index (κ2) is 7.19. The highest BCUT2D eigenvalue weighted by molar-refractivity contribution is 6.07. The molecule has 0 radical (unpaired) electrons. The molecule has 6 heteroatoms. The van der Waals surface area contributed by atoms with Crippen molar-refractivity contribution in [3.8, 4) is 0 Å². The molecule has 4 aliphatic heterocycles. The number of hydrogen-bond acceptors (Lipinski definition) is 4. The summed E-state index contributed by atoms with van der Waals surface area (Å²) in [5.74, 6) is 0.180. The molecule has 1 N–H and O–H groups in total. The first-order valence-electron chi connectivity index (χ1n) is 10.4. The standard InChI is InChI=1S/C23H26N4O2/c28-21-23(16-25-13-11-19(23)12-14-25)24-22(29)27(21)17-26(20-9-5-2-6-10-20)15-18-7-3-1-4-8-18/h1-10,19H,11-17H2,(H,24,29)/t23-/m0/s1. The van der Waals surface area contributed by atoms with Crippen molar-refractivity contribution in [1.82, 2.24) is 15.1 Å². The summed E-state index contributed by atoms with van der Waals surface area (Å²) >= 11 is 0. The van der Waals surface area contributed by atoms with E-state index in [2.05, 4.69) is 27.2 Å². The zero-order valence-corrected chi connectivity index (χ0v) is 16.5. The molecule has 4 aliphatic rings. The maximum Gasteiger partial charge on any atom is 0.326 e. The maximum atomic E-state index is 13.5. The molecule has 0 saturated carbocycles. The number of carbonyl (C=O) groups is 2. The molecule has 2 aromatic rings. The van der Waals surface area contributed by atoms with Crippen LogP contribution >= 0.6 is 0 Å². The molecular weight excluding hydrogens is 364 g/mol. The van der Waals surface area contributed by atoms with Crippen LogP contribution in [-0.4, -0.2) is 53.6 Å². The van der Waals surface area contributed by atoms with E-state index in [0.29, 0.717) is 13.1 Å². The fourth-order valence-corrected chi connectivity index (χ4v) is 5.06. The van der Waals surface area contributed by atoms with Gasteiger partial charge in [0.2, 0.25) is 0 Å². The number of benzene rings is 2. The number of fused-ring (bicyclic) bond motifs is 2. The largest absolute Gasteiger partial charge is 0.349 e. The van der Waals surface area contributed by atoms with E-state index in [0.717, 1.165) is 37.2 Å². The van der Waals surface area contributed by atoms with E-state index in [1.54, 1.807) is 0 Å². The quantitative estimate of drug-likeness (QED) is 0.798. The number of para-hydroxylation sites is 1. The van der Waals surface area contributed by atoms with Gasteiger partial charge in [0, 0.05) is 18.8 Å². The van der Waals surface area contributed by atoms with E-state index in [1.165, 1.54) is 4.90 Å². The van der Waals surface area contributed by atoms with Crippen LogP contribution < -0.4 is 10.2 Å². The molecule has 1 spiro atoms. The van der Waals surface area contributed by atoms with Crippen molar-refractivity contribution in [2.75, 3.05) is 31.2 Å². The van der Waals surface area contributed by atoms with Crippen LogP contribution in [0.3, 0.4) is 0 Å². The fraction of sp³-hybridized carbons (Fsp3) is 0.391. The highest BCUT2D eigenvalue weighted by atomic mass is 16.2. The van der Waals surface area contributed by atoms with Gasteiger partial charge in [0.05, 0.1) is 0 Å². The van der Waals surface area contributed by atoms with E-state index in [4.69, 9.17) is 0 Å². The highest BCUT2D eigenvalue weighted by Gasteiger charge is 2.59. The van der Waals surface area contributed by atoms with Crippen molar-refractivity contribution in [3.63, 3.8) is 0 Å². The number of hydrogen-bond donors (Lipinski definition) is 1. The maximum absolute atomic E-state index is 13.5. The van der Waals surface area contributed by atoms with Crippen LogP contribution in [-0.2, 0) is 11.3 Å². The van der Waals surface area contributed by atoms with Crippen molar-refractivity contribution in [1.29, 1.82) is 0 Å². The first-order valence-corrected chi connectivity index (χ1v) is 10.4. The molecule has 1 atom stereocenters. The Bertz CT molecular complexity index is 896. The molecule has 0 aromatic heterocycles. The van der Waals surface area contributed by atoms with Gasteiger partial charge < -0.3 is 15.1 Å². The summed E-state index contributed by atoms with van der Waals surface area (Å²) in [5, 5.41) is 3.09. The molecule has 2 aromatic carbocycles. The van der Waals surface area contributed by atoms with Crippen LogP contribution in [0.5, 0.6) is 0 Å². The van der Waals surface area contributed by atoms with Gasteiger partial charge in [-0.25, -0.2) is 9.69 Å². The molecule has 150 valence electrons. The molecule has 6 nitrogen and oxygen atoms in total.